The monoisotopic (exact) mass is 306 g/mol. The predicted molar refractivity (Wildman–Crippen MR) is 86.6 cm³/mol. The highest BCUT2D eigenvalue weighted by Gasteiger charge is 2.14. The topological polar surface area (TPSA) is 29.3 Å². The number of nitrogen functional groups attached to an aromatic ring is 1. The van der Waals surface area contributed by atoms with E-state index in [9.17, 15) is 4.39 Å². The van der Waals surface area contributed by atoms with E-state index in [-0.39, 0.29) is 10.8 Å². The zero-order valence-electron chi connectivity index (χ0n) is 12.3. The van der Waals surface area contributed by atoms with Crippen molar-refractivity contribution in [2.45, 2.75) is 33.0 Å². The Labute approximate surface area is 130 Å². The molecule has 2 aromatic carbocycles. The fourth-order valence-corrected chi connectivity index (χ4v) is 2.42. The van der Waals surface area contributed by atoms with Gasteiger partial charge in [0.15, 0.2) is 0 Å². The van der Waals surface area contributed by atoms with E-state index in [4.69, 9.17) is 17.3 Å². The maximum atomic E-state index is 13.5. The summed E-state index contributed by atoms with van der Waals surface area (Å²) in [5.74, 6) is -0.373. The molecule has 0 spiro atoms. The standard InChI is InChI=1S/C17H20ClFN2/c1-12(2)21(10-13-5-3-7-15(20)9-13)11-14-6-4-8-16(19)17(14)18/h3-9,12H,10-11,20H2,1-2H3. The lowest BCUT2D eigenvalue weighted by atomic mass is 10.1. The number of rotatable bonds is 5. The van der Waals surface area contributed by atoms with Gasteiger partial charge in [-0.1, -0.05) is 35.9 Å². The predicted octanol–water partition coefficient (Wildman–Crippen LogP) is 4.47. The van der Waals surface area contributed by atoms with Gasteiger partial charge in [0.1, 0.15) is 5.82 Å². The van der Waals surface area contributed by atoms with Crippen LogP contribution in [0.15, 0.2) is 42.5 Å². The van der Waals surface area contributed by atoms with Gasteiger partial charge in [-0.25, -0.2) is 4.39 Å². The van der Waals surface area contributed by atoms with Gasteiger partial charge in [-0.15, -0.1) is 0 Å². The van der Waals surface area contributed by atoms with Gasteiger partial charge in [-0.2, -0.15) is 0 Å². The first kappa shape index (κ1) is 15.8. The lowest BCUT2D eigenvalue weighted by molar-refractivity contribution is 0.203. The Balaban J connectivity index is 2.18. The number of hydrogen-bond acceptors (Lipinski definition) is 2. The Morgan fingerprint density at radius 3 is 2.52 bits per heavy atom. The Kier molecular flexibility index (Phi) is 5.21. The van der Waals surface area contributed by atoms with Crippen LogP contribution in [0.25, 0.3) is 0 Å². The highest BCUT2D eigenvalue weighted by molar-refractivity contribution is 6.31. The molecule has 2 rings (SSSR count). The molecule has 0 aliphatic heterocycles. The summed E-state index contributed by atoms with van der Waals surface area (Å²) in [7, 11) is 0. The zero-order valence-corrected chi connectivity index (χ0v) is 13.1. The molecule has 0 bridgehead atoms. The van der Waals surface area contributed by atoms with Crippen molar-refractivity contribution in [3.63, 3.8) is 0 Å². The molecule has 2 N–H and O–H groups in total. The molecular formula is C17H20ClFN2. The SMILES string of the molecule is CC(C)N(Cc1cccc(N)c1)Cc1cccc(F)c1Cl. The molecule has 0 unspecified atom stereocenters. The molecule has 0 heterocycles. The molecule has 21 heavy (non-hydrogen) atoms. The Hall–Kier alpha value is -1.58. The van der Waals surface area contributed by atoms with Crippen molar-refractivity contribution in [3.05, 3.63) is 64.4 Å². The molecule has 0 fully saturated rings. The van der Waals surface area contributed by atoms with Gasteiger partial charge in [0.2, 0.25) is 0 Å². The molecule has 4 heteroatoms. The average Bonchev–Trinajstić information content (AvgIpc) is 2.43. The Morgan fingerprint density at radius 1 is 1.14 bits per heavy atom. The van der Waals surface area contributed by atoms with Crippen LogP contribution in [0.5, 0.6) is 0 Å². The minimum Gasteiger partial charge on any atom is -0.399 e. The van der Waals surface area contributed by atoms with Gasteiger partial charge in [0.25, 0.3) is 0 Å². The van der Waals surface area contributed by atoms with Gasteiger partial charge in [0.05, 0.1) is 5.02 Å². The number of anilines is 1. The van der Waals surface area contributed by atoms with E-state index in [0.717, 1.165) is 23.4 Å². The number of hydrogen-bond donors (Lipinski definition) is 1. The van der Waals surface area contributed by atoms with Crippen molar-refractivity contribution in [1.29, 1.82) is 0 Å². The van der Waals surface area contributed by atoms with Crippen molar-refractivity contribution in [2.75, 3.05) is 5.73 Å². The maximum Gasteiger partial charge on any atom is 0.142 e. The second-order valence-corrected chi connectivity index (χ2v) is 5.83. The molecule has 0 saturated heterocycles. The van der Waals surface area contributed by atoms with Crippen molar-refractivity contribution in [2.24, 2.45) is 0 Å². The summed E-state index contributed by atoms with van der Waals surface area (Å²) in [5.41, 5.74) is 8.50. The number of nitrogens with zero attached hydrogens (tertiary/aromatic N) is 1. The first-order valence-corrected chi connectivity index (χ1v) is 7.36. The molecule has 0 aliphatic carbocycles. The van der Waals surface area contributed by atoms with Crippen LogP contribution in [0, 0.1) is 5.82 Å². The van der Waals surface area contributed by atoms with E-state index in [1.54, 1.807) is 6.07 Å². The van der Waals surface area contributed by atoms with Crippen LogP contribution < -0.4 is 5.73 Å². The molecular weight excluding hydrogens is 287 g/mol. The van der Waals surface area contributed by atoms with Gasteiger partial charge in [0, 0.05) is 24.8 Å². The summed E-state index contributed by atoms with van der Waals surface area (Å²) < 4.78 is 13.5. The maximum absolute atomic E-state index is 13.5. The summed E-state index contributed by atoms with van der Waals surface area (Å²) in [6.45, 7) is 5.57. The highest BCUT2D eigenvalue weighted by atomic mass is 35.5. The third-order valence-corrected chi connectivity index (χ3v) is 3.90. The largest absolute Gasteiger partial charge is 0.399 e. The van der Waals surface area contributed by atoms with Crippen LogP contribution >= 0.6 is 11.6 Å². The van der Waals surface area contributed by atoms with E-state index in [2.05, 4.69) is 18.7 Å². The molecule has 2 nitrogen and oxygen atoms in total. The number of benzene rings is 2. The molecule has 0 radical (unpaired) electrons. The summed E-state index contributed by atoms with van der Waals surface area (Å²) in [6, 6.07) is 13.1. The first-order valence-electron chi connectivity index (χ1n) is 6.98. The fraction of sp³-hybridized carbons (Fsp3) is 0.294. The summed E-state index contributed by atoms with van der Waals surface area (Å²) >= 11 is 6.05. The van der Waals surface area contributed by atoms with Gasteiger partial charge in [-0.05, 0) is 43.2 Å². The van der Waals surface area contributed by atoms with E-state index in [0.29, 0.717) is 12.6 Å². The zero-order chi connectivity index (χ0) is 15.4. The van der Waals surface area contributed by atoms with E-state index < -0.39 is 0 Å². The van der Waals surface area contributed by atoms with Gasteiger partial charge in [-0.3, -0.25) is 4.90 Å². The molecule has 0 atom stereocenters. The van der Waals surface area contributed by atoms with Crippen molar-refractivity contribution in [1.82, 2.24) is 4.90 Å². The highest BCUT2D eigenvalue weighted by Crippen LogP contribution is 2.23. The fourth-order valence-electron chi connectivity index (χ4n) is 2.24. The third kappa shape index (κ3) is 4.19. The second-order valence-electron chi connectivity index (χ2n) is 5.46. The van der Waals surface area contributed by atoms with E-state index >= 15 is 0 Å². The quantitative estimate of drug-likeness (QED) is 0.826. The number of nitrogens with two attached hydrogens (primary N) is 1. The summed E-state index contributed by atoms with van der Waals surface area (Å²) in [4.78, 5) is 2.23. The molecule has 0 aromatic heterocycles. The molecule has 0 saturated carbocycles. The van der Waals surface area contributed by atoms with Crippen molar-refractivity contribution >= 4 is 17.3 Å². The molecule has 2 aromatic rings. The number of halogens is 2. The second kappa shape index (κ2) is 6.92. The van der Waals surface area contributed by atoms with Gasteiger partial charge >= 0.3 is 0 Å². The van der Waals surface area contributed by atoms with E-state index in [1.165, 1.54) is 6.07 Å². The Bertz CT molecular complexity index is 613. The van der Waals surface area contributed by atoms with Gasteiger partial charge < -0.3 is 5.73 Å². The van der Waals surface area contributed by atoms with Crippen LogP contribution in [0.3, 0.4) is 0 Å². The van der Waals surface area contributed by atoms with E-state index in [1.807, 2.05) is 30.3 Å². The molecule has 112 valence electrons. The smallest absolute Gasteiger partial charge is 0.142 e. The lowest BCUT2D eigenvalue weighted by Crippen LogP contribution is -2.30. The van der Waals surface area contributed by atoms with Crippen LogP contribution in [0.1, 0.15) is 25.0 Å². The average molecular weight is 307 g/mol. The third-order valence-electron chi connectivity index (χ3n) is 3.47. The van der Waals surface area contributed by atoms with Crippen LogP contribution in [0.4, 0.5) is 10.1 Å². The van der Waals surface area contributed by atoms with Crippen molar-refractivity contribution in [3.8, 4) is 0 Å². The van der Waals surface area contributed by atoms with Crippen LogP contribution in [0.2, 0.25) is 5.02 Å². The minimum atomic E-state index is -0.373. The molecule has 0 amide bonds. The Morgan fingerprint density at radius 2 is 1.86 bits per heavy atom. The summed E-state index contributed by atoms with van der Waals surface area (Å²) in [6.07, 6.45) is 0. The van der Waals surface area contributed by atoms with Crippen molar-refractivity contribution < 1.29 is 4.39 Å². The van der Waals surface area contributed by atoms with Crippen LogP contribution in [-0.2, 0) is 13.1 Å². The summed E-state index contributed by atoms with van der Waals surface area (Å²) in [5, 5.41) is 0.204. The first-order chi connectivity index (χ1) is 9.97. The normalized spacial score (nSPS) is 11.3. The minimum absolute atomic E-state index is 0.204. The van der Waals surface area contributed by atoms with Crippen LogP contribution in [-0.4, -0.2) is 10.9 Å². The lowest BCUT2D eigenvalue weighted by Gasteiger charge is -2.27. The molecule has 0 aliphatic rings.